The second-order valence-electron chi connectivity index (χ2n) is 5.26. The molecule has 1 amide bonds. The summed E-state index contributed by atoms with van der Waals surface area (Å²) in [6, 6.07) is 0. The molecule has 1 N–H and O–H groups in total. The van der Waals surface area contributed by atoms with Gasteiger partial charge in [-0.3, -0.25) is 4.79 Å². The average Bonchev–Trinajstić information content (AvgIpc) is 2.23. The van der Waals surface area contributed by atoms with E-state index in [-0.39, 0.29) is 12.0 Å². The second-order valence-corrected chi connectivity index (χ2v) is 5.26. The summed E-state index contributed by atoms with van der Waals surface area (Å²) in [6.07, 6.45) is 5.22. The fourth-order valence-electron chi connectivity index (χ4n) is 1.55. The maximum Gasteiger partial charge on any atom is 0.219 e. The lowest BCUT2D eigenvalue weighted by molar-refractivity contribution is -0.121. The molecule has 0 aliphatic carbocycles. The van der Waals surface area contributed by atoms with E-state index in [1.165, 1.54) is 6.42 Å². The third-order valence-corrected chi connectivity index (χ3v) is 2.53. The fraction of sp³-hybridized carbons (Fsp3) is 0.929. The molecule has 0 rings (SSSR count). The van der Waals surface area contributed by atoms with Gasteiger partial charge in [-0.1, -0.05) is 26.7 Å². The maximum atomic E-state index is 11.4. The van der Waals surface area contributed by atoms with E-state index < -0.39 is 0 Å². The smallest absolute Gasteiger partial charge is 0.219 e. The number of nitrogens with one attached hydrogen (secondary N) is 1. The number of ether oxygens (including phenoxy) is 1. The molecule has 0 unspecified atom stereocenters. The van der Waals surface area contributed by atoms with Crippen LogP contribution in [-0.2, 0) is 9.53 Å². The van der Waals surface area contributed by atoms with E-state index in [2.05, 4.69) is 19.2 Å². The van der Waals surface area contributed by atoms with Crippen LogP contribution in [0.5, 0.6) is 0 Å². The van der Waals surface area contributed by atoms with Gasteiger partial charge in [0, 0.05) is 19.6 Å². The lowest BCUT2D eigenvalue weighted by Crippen LogP contribution is -2.25. The number of hydrogen-bond donors (Lipinski definition) is 1. The lowest BCUT2D eigenvalue weighted by atomic mass is 10.1. The number of carbonyl (C=O) groups is 1. The second kappa shape index (κ2) is 10.6. The molecule has 0 saturated heterocycles. The van der Waals surface area contributed by atoms with Gasteiger partial charge in [0.1, 0.15) is 0 Å². The molecular weight excluding hydrogens is 214 g/mol. The molecule has 0 fully saturated rings. The minimum Gasteiger partial charge on any atom is -0.379 e. The van der Waals surface area contributed by atoms with Crippen molar-refractivity contribution < 1.29 is 9.53 Å². The summed E-state index contributed by atoms with van der Waals surface area (Å²) < 4.78 is 5.40. The molecule has 0 saturated carbocycles. The topological polar surface area (TPSA) is 38.3 Å². The highest BCUT2D eigenvalue weighted by Gasteiger charge is 2.01. The minimum absolute atomic E-state index is 0.179. The third kappa shape index (κ3) is 13.4. The molecule has 102 valence electrons. The van der Waals surface area contributed by atoms with E-state index >= 15 is 0 Å². The van der Waals surface area contributed by atoms with Crippen LogP contribution >= 0.6 is 0 Å². The minimum atomic E-state index is 0.179. The van der Waals surface area contributed by atoms with Crippen molar-refractivity contribution in [3.05, 3.63) is 0 Å². The van der Waals surface area contributed by atoms with Gasteiger partial charge in [-0.2, -0.15) is 0 Å². The number of carbonyl (C=O) groups excluding carboxylic acids is 1. The predicted octanol–water partition coefficient (Wildman–Crippen LogP) is 3.13. The van der Waals surface area contributed by atoms with Gasteiger partial charge in [0.05, 0.1) is 6.10 Å². The van der Waals surface area contributed by atoms with Crippen molar-refractivity contribution in [2.75, 3.05) is 13.2 Å². The summed E-state index contributed by atoms with van der Waals surface area (Å²) in [5.41, 5.74) is 0. The van der Waals surface area contributed by atoms with Crippen LogP contribution in [0.25, 0.3) is 0 Å². The molecule has 17 heavy (non-hydrogen) atoms. The first-order chi connectivity index (χ1) is 8.02. The Labute approximate surface area is 106 Å². The Morgan fingerprint density at radius 2 is 1.82 bits per heavy atom. The number of amides is 1. The van der Waals surface area contributed by atoms with Crippen molar-refractivity contribution in [1.29, 1.82) is 0 Å². The number of unbranched alkanes of at least 4 members (excludes halogenated alkanes) is 1. The Bertz CT molecular complexity index is 191. The van der Waals surface area contributed by atoms with Crippen molar-refractivity contribution in [3.63, 3.8) is 0 Å². The highest BCUT2D eigenvalue weighted by Crippen LogP contribution is 2.07. The third-order valence-electron chi connectivity index (χ3n) is 2.53. The van der Waals surface area contributed by atoms with Crippen molar-refractivity contribution in [1.82, 2.24) is 5.32 Å². The lowest BCUT2D eigenvalue weighted by Gasteiger charge is -2.08. The summed E-state index contributed by atoms with van der Waals surface area (Å²) in [6.45, 7) is 9.94. The summed E-state index contributed by atoms with van der Waals surface area (Å²) in [5, 5.41) is 2.93. The Balaban J connectivity index is 3.23. The molecule has 0 aromatic heterocycles. The first kappa shape index (κ1) is 16.4. The van der Waals surface area contributed by atoms with E-state index in [0.717, 1.165) is 38.3 Å². The molecule has 0 radical (unpaired) electrons. The SMILES string of the molecule is CC(C)CCCCC(=O)NCCCOC(C)C. The largest absolute Gasteiger partial charge is 0.379 e. The summed E-state index contributed by atoms with van der Waals surface area (Å²) >= 11 is 0. The van der Waals surface area contributed by atoms with Crippen molar-refractivity contribution in [2.24, 2.45) is 5.92 Å². The Morgan fingerprint density at radius 3 is 2.41 bits per heavy atom. The van der Waals surface area contributed by atoms with Crippen LogP contribution < -0.4 is 5.32 Å². The Morgan fingerprint density at radius 1 is 1.12 bits per heavy atom. The van der Waals surface area contributed by atoms with Crippen LogP contribution in [0.4, 0.5) is 0 Å². The molecule has 3 nitrogen and oxygen atoms in total. The highest BCUT2D eigenvalue weighted by atomic mass is 16.5. The van der Waals surface area contributed by atoms with E-state index in [9.17, 15) is 4.79 Å². The molecule has 0 atom stereocenters. The monoisotopic (exact) mass is 243 g/mol. The van der Waals surface area contributed by atoms with Gasteiger partial charge in [-0.15, -0.1) is 0 Å². The van der Waals surface area contributed by atoms with E-state index in [1.54, 1.807) is 0 Å². The standard InChI is InChI=1S/C14H29NO2/c1-12(2)8-5-6-9-14(16)15-10-7-11-17-13(3)4/h12-13H,5-11H2,1-4H3,(H,15,16). The van der Waals surface area contributed by atoms with Gasteiger partial charge in [-0.25, -0.2) is 0 Å². The average molecular weight is 243 g/mol. The van der Waals surface area contributed by atoms with Crippen LogP contribution in [-0.4, -0.2) is 25.2 Å². The highest BCUT2D eigenvalue weighted by molar-refractivity contribution is 5.75. The molecule has 0 heterocycles. The van der Waals surface area contributed by atoms with Crippen LogP contribution in [0.1, 0.15) is 59.8 Å². The molecule has 3 heteroatoms. The van der Waals surface area contributed by atoms with Gasteiger partial charge >= 0.3 is 0 Å². The zero-order valence-corrected chi connectivity index (χ0v) is 11.9. The zero-order chi connectivity index (χ0) is 13.1. The van der Waals surface area contributed by atoms with Crippen LogP contribution in [0.2, 0.25) is 0 Å². The fourth-order valence-corrected chi connectivity index (χ4v) is 1.55. The molecule has 0 aliphatic rings. The quantitative estimate of drug-likeness (QED) is 0.599. The molecular formula is C14H29NO2. The van der Waals surface area contributed by atoms with Gasteiger partial charge in [-0.05, 0) is 32.6 Å². The van der Waals surface area contributed by atoms with Gasteiger partial charge in [0.2, 0.25) is 5.91 Å². The first-order valence-corrected chi connectivity index (χ1v) is 6.90. The van der Waals surface area contributed by atoms with E-state index in [0.29, 0.717) is 6.42 Å². The van der Waals surface area contributed by atoms with Gasteiger partial charge < -0.3 is 10.1 Å². The van der Waals surface area contributed by atoms with E-state index in [4.69, 9.17) is 4.74 Å². The summed E-state index contributed by atoms with van der Waals surface area (Å²) in [7, 11) is 0. The van der Waals surface area contributed by atoms with Crippen molar-refractivity contribution >= 4 is 5.91 Å². The maximum absolute atomic E-state index is 11.4. The molecule has 0 aromatic carbocycles. The Hall–Kier alpha value is -0.570. The number of rotatable bonds is 10. The summed E-state index contributed by atoms with van der Waals surface area (Å²) in [5.74, 6) is 0.921. The van der Waals surface area contributed by atoms with Gasteiger partial charge in [0.15, 0.2) is 0 Å². The van der Waals surface area contributed by atoms with Crippen LogP contribution in [0, 0.1) is 5.92 Å². The predicted molar refractivity (Wildman–Crippen MR) is 72.0 cm³/mol. The molecule has 0 bridgehead atoms. The van der Waals surface area contributed by atoms with E-state index in [1.807, 2.05) is 13.8 Å². The Kier molecular flexibility index (Phi) is 10.2. The molecule has 0 aliphatic heterocycles. The zero-order valence-electron chi connectivity index (χ0n) is 11.9. The molecule has 0 aromatic rings. The first-order valence-electron chi connectivity index (χ1n) is 6.90. The van der Waals surface area contributed by atoms with Crippen LogP contribution in [0.15, 0.2) is 0 Å². The summed E-state index contributed by atoms with van der Waals surface area (Å²) in [4.78, 5) is 11.4. The van der Waals surface area contributed by atoms with Crippen LogP contribution in [0.3, 0.4) is 0 Å². The van der Waals surface area contributed by atoms with Gasteiger partial charge in [0.25, 0.3) is 0 Å². The van der Waals surface area contributed by atoms with Crippen molar-refractivity contribution in [2.45, 2.75) is 65.9 Å². The number of hydrogen-bond acceptors (Lipinski definition) is 2. The molecule has 0 spiro atoms. The van der Waals surface area contributed by atoms with Crippen molar-refractivity contribution in [3.8, 4) is 0 Å². The normalized spacial score (nSPS) is 11.2.